The minimum Gasteiger partial charge on any atom is -0.264 e. The van der Waals surface area contributed by atoms with Crippen LogP contribution in [0.25, 0.3) is 22.6 Å². The first kappa shape index (κ1) is 15.0. The largest absolute Gasteiger partial charge is 0.306 e. The minimum atomic E-state index is -0.854. The predicted molar refractivity (Wildman–Crippen MR) is 89.1 cm³/mol. The molecule has 3 aromatic heterocycles. The normalized spacial score (nSPS) is 11.1. The molecule has 0 amide bonds. The highest BCUT2D eigenvalue weighted by Crippen LogP contribution is 2.27. The van der Waals surface area contributed by atoms with E-state index < -0.39 is 16.4 Å². The molecule has 4 aromatic rings. The van der Waals surface area contributed by atoms with Gasteiger partial charge in [0.25, 0.3) is 0 Å². The van der Waals surface area contributed by atoms with Gasteiger partial charge in [-0.2, -0.15) is 4.39 Å². The molecule has 0 saturated carbocycles. The molecular weight excluding hydrogens is 325 g/mol. The van der Waals surface area contributed by atoms with Crippen molar-refractivity contribution in [1.29, 1.82) is 0 Å². The summed E-state index contributed by atoms with van der Waals surface area (Å²) >= 11 is 0. The van der Waals surface area contributed by atoms with E-state index in [1.165, 1.54) is 12.1 Å². The van der Waals surface area contributed by atoms with Gasteiger partial charge in [-0.25, -0.2) is 9.50 Å². The predicted octanol–water partition coefficient (Wildman–Crippen LogP) is 3.54. The van der Waals surface area contributed by atoms with Gasteiger partial charge in [-0.15, -0.1) is 0 Å². The number of aromatic nitrogens is 4. The topological polar surface area (TPSA) is 78.3 Å². The fourth-order valence-electron chi connectivity index (χ4n) is 2.84. The molecule has 4 rings (SSSR count). The third-order valence-corrected chi connectivity index (χ3v) is 4.01. The fourth-order valence-corrected chi connectivity index (χ4v) is 2.84. The van der Waals surface area contributed by atoms with Crippen molar-refractivity contribution < 1.29 is 9.31 Å². The molecule has 0 atom stereocenters. The van der Waals surface area contributed by atoms with Gasteiger partial charge in [0.15, 0.2) is 5.65 Å². The van der Waals surface area contributed by atoms with Crippen molar-refractivity contribution in [3.63, 3.8) is 0 Å². The molecule has 0 unspecified atom stereocenters. The number of rotatable bonds is 3. The summed E-state index contributed by atoms with van der Waals surface area (Å²) in [6, 6.07) is 7.90. The zero-order valence-electron chi connectivity index (χ0n) is 13.1. The number of halogens is 1. The molecule has 0 spiro atoms. The van der Waals surface area contributed by atoms with E-state index in [4.69, 9.17) is 0 Å². The summed E-state index contributed by atoms with van der Waals surface area (Å²) in [6.07, 6.45) is 6.83. The summed E-state index contributed by atoms with van der Waals surface area (Å²) < 4.78 is 17.4. The lowest BCUT2D eigenvalue weighted by Gasteiger charge is -2.11. The van der Waals surface area contributed by atoms with Gasteiger partial charge < -0.3 is 0 Å². The van der Waals surface area contributed by atoms with Crippen LogP contribution in [-0.2, 0) is 0 Å². The maximum Gasteiger partial charge on any atom is 0.306 e. The smallest absolute Gasteiger partial charge is 0.264 e. The Morgan fingerprint density at radius 2 is 2.08 bits per heavy atom. The first-order valence-corrected chi connectivity index (χ1v) is 7.46. The Bertz CT molecular complexity index is 1100. The van der Waals surface area contributed by atoms with Crippen LogP contribution in [0, 0.1) is 22.9 Å². The Hall–Kier alpha value is -3.55. The summed E-state index contributed by atoms with van der Waals surface area (Å²) in [5, 5.41) is 11.1. The third kappa shape index (κ3) is 2.35. The maximum atomic E-state index is 13.8. The zero-order valence-corrected chi connectivity index (χ0v) is 13.1. The van der Waals surface area contributed by atoms with E-state index in [-0.39, 0.29) is 0 Å². The second kappa shape index (κ2) is 5.52. The Morgan fingerprint density at radius 1 is 1.24 bits per heavy atom. The van der Waals surface area contributed by atoms with E-state index in [1.54, 1.807) is 47.0 Å². The van der Waals surface area contributed by atoms with Crippen molar-refractivity contribution in [2.45, 2.75) is 6.92 Å². The Kier molecular flexibility index (Phi) is 3.31. The lowest BCUT2D eigenvalue weighted by Crippen LogP contribution is -2.06. The van der Waals surface area contributed by atoms with E-state index in [9.17, 15) is 14.5 Å². The van der Waals surface area contributed by atoms with Gasteiger partial charge in [-0.05, 0) is 30.7 Å². The lowest BCUT2D eigenvalue weighted by atomic mass is 10.1. The van der Waals surface area contributed by atoms with E-state index in [1.807, 2.05) is 12.1 Å². The summed E-state index contributed by atoms with van der Waals surface area (Å²) in [6.45, 7) is 1.70. The highest BCUT2D eigenvalue weighted by Gasteiger charge is 2.19. The highest BCUT2D eigenvalue weighted by atomic mass is 19.1. The van der Waals surface area contributed by atoms with Crippen molar-refractivity contribution >= 4 is 11.3 Å². The second-order valence-electron chi connectivity index (χ2n) is 5.56. The van der Waals surface area contributed by atoms with Crippen LogP contribution in [0.2, 0.25) is 0 Å². The molecule has 0 N–H and O–H groups in total. The van der Waals surface area contributed by atoms with Gasteiger partial charge in [-0.1, -0.05) is 0 Å². The number of fused-ring (bicyclic) bond motifs is 1. The van der Waals surface area contributed by atoms with Gasteiger partial charge in [0.1, 0.15) is 0 Å². The zero-order chi connectivity index (χ0) is 17.6. The molecule has 0 radical (unpaired) electrons. The summed E-state index contributed by atoms with van der Waals surface area (Å²) in [5.41, 5.74) is 2.82. The lowest BCUT2D eigenvalue weighted by molar-refractivity contribution is -0.387. The number of imidazole rings is 1. The SMILES string of the molecule is Cc1cc(F)c([N+](=O)[O-])cc1-n1ccc2ncc(-c3cccnc3)n21. The second-order valence-corrected chi connectivity index (χ2v) is 5.56. The van der Waals surface area contributed by atoms with Crippen molar-refractivity contribution in [2.24, 2.45) is 0 Å². The number of nitrogens with zero attached hydrogens (tertiary/aromatic N) is 5. The number of nitro benzene ring substituents is 1. The summed E-state index contributed by atoms with van der Waals surface area (Å²) in [4.78, 5) is 18.8. The number of nitro groups is 1. The van der Waals surface area contributed by atoms with Crippen LogP contribution in [0.4, 0.5) is 10.1 Å². The molecule has 124 valence electrons. The summed E-state index contributed by atoms with van der Waals surface area (Å²) in [5.74, 6) is -0.854. The van der Waals surface area contributed by atoms with Gasteiger partial charge in [0, 0.05) is 36.3 Å². The molecule has 25 heavy (non-hydrogen) atoms. The number of benzene rings is 1. The van der Waals surface area contributed by atoms with Crippen LogP contribution in [0.5, 0.6) is 0 Å². The fraction of sp³-hybridized carbons (Fsp3) is 0.0588. The number of hydrogen-bond acceptors (Lipinski definition) is 4. The third-order valence-electron chi connectivity index (χ3n) is 4.01. The molecule has 0 aliphatic carbocycles. The van der Waals surface area contributed by atoms with Crippen LogP contribution < -0.4 is 0 Å². The van der Waals surface area contributed by atoms with Crippen molar-refractivity contribution in [3.8, 4) is 16.9 Å². The average molecular weight is 337 g/mol. The van der Waals surface area contributed by atoms with E-state index in [0.717, 1.165) is 11.3 Å². The first-order chi connectivity index (χ1) is 12.1. The molecular formula is C17H12FN5O2. The number of hydrogen-bond donors (Lipinski definition) is 0. The molecule has 0 aliphatic heterocycles. The summed E-state index contributed by atoms with van der Waals surface area (Å²) in [7, 11) is 0. The van der Waals surface area contributed by atoms with Gasteiger partial charge in [0.2, 0.25) is 5.82 Å². The molecule has 1 aromatic carbocycles. The van der Waals surface area contributed by atoms with Crippen molar-refractivity contribution in [1.82, 2.24) is 19.2 Å². The highest BCUT2D eigenvalue weighted by molar-refractivity contribution is 5.63. The minimum absolute atomic E-state index is 0.506. The van der Waals surface area contributed by atoms with Crippen molar-refractivity contribution in [2.75, 3.05) is 0 Å². The van der Waals surface area contributed by atoms with Gasteiger partial charge in [0.05, 0.1) is 22.5 Å². The van der Waals surface area contributed by atoms with Crippen LogP contribution in [0.1, 0.15) is 5.56 Å². The molecule has 0 saturated heterocycles. The quantitative estimate of drug-likeness (QED) is 0.423. The van der Waals surface area contributed by atoms with Crippen LogP contribution in [0.3, 0.4) is 0 Å². The molecule has 0 aliphatic rings. The first-order valence-electron chi connectivity index (χ1n) is 7.46. The number of aryl methyl sites for hydroxylation is 1. The van der Waals surface area contributed by atoms with Gasteiger partial charge >= 0.3 is 5.69 Å². The van der Waals surface area contributed by atoms with Gasteiger partial charge in [-0.3, -0.25) is 19.8 Å². The molecule has 8 heteroatoms. The molecule has 0 fully saturated rings. The standard InChI is InChI=1S/C17H12FN5O2/c1-11-7-13(18)15(23(24)25)8-14(11)21-6-4-17-20-10-16(22(17)21)12-3-2-5-19-9-12/h2-10H,1H3. The average Bonchev–Trinajstić information content (AvgIpc) is 3.18. The molecule has 7 nitrogen and oxygen atoms in total. The van der Waals surface area contributed by atoms with Crippen LogP contribution in [0.15, 0.2) is 55.1 Å². The number of pyridine rings is 1. The van der Waals surface area contributed by atoms with E-state index in [0.29, 0.717) is 16.9 Å². The van der Waals surface area contributed by atoms with E-state index >= 15 is 0 Å². The molecule has 3 heterocycles. The monoisotopic (exact) mass is 337 g/mol. The Balaban J connectivity index is 1.99. The Morgan fingerprint density at radius 3 is 2.80 bits per heavy atom. The van der Waals surface area contributed by atoms with Crippen LogP contribution in [-0.4, -0.2) is 24.1 Å². The van der Waals surface area contributed by atoms with E-state index in [2.05, 4.69) is 9.97 Å². The maximum absolute atomic E-state index is 13.8. The Labute approximate surface area is 141 Å². The van der Waals surface area contributed by atoms with Crippen LogP contribution >= 0.6 is 0 Å². The molecule has 0 bridgehead atoms. The van der Waals surface area contributed by atoms with Crippen molar-refractivity contribution in [3.05, 3.63) is 76.6 Å².